The highest BCUT2D eigenvalue weighted by Gasteiger charge is 2.06. The fourth-order valence-corrected chi connectivity index (χ4v) is 2.39. The van der Waals surface area contributed by atoms with Gasteiger partial charge in [-0.2, -0.15) is 0 Å². The maximum absolute atomic E-state index is 5.89. The molecular formula is C10H9ClS. The summed E-state index contributed by atoms with van der Waals surface area (Å²) in [7, 11) is 0. The third-order valence-corrected chi connectivity index (χ3v) is 3.04. The molecule has 0 aromatic heterocycles. The topological polar surface area (TPSA) is 0 Å². The summed E-state index contributed by atoms with van der Waals surface area (Å²) in [5.41, 5.74) is 2.69. The lowest BCUT2D eigenvalue weighted by atomic mass is 10.1. The third-order valence-electron chi connectivity index (χ3n) is 1.91. The van der Waals surface area contributed by atoms with Gasteiger partial charge < -0.3 is 0 Å². The number of hydrogen-bond donors (Lipinski definition) is 0. The van der Waals surface area contributed by atoms with E-state index in [4.69, 9.17) is 11.6 Å². The van der Waals surface area contributed by atoms with E-state index in [1.165, 1.54) is 23.3 Å². The highest BCUT2D eigenvalue weighted by atomic mass is 35.5. The molecule has 1 aromatic carbocycles. The minimum absolute atomic E-state index is 0.824. The minimum atomic E-state index is 0.824. The van der Waals surface area contributed by atoms with Crippen LogP contribution in [-0.4, -0.2) is 5.75 Å². The minimum Gasteiger partial charge on any atom is -0.133 e. The van der Waals surface area contributed by atoms with Gasteiger partial charge in [-0.3, -0.25) is 0 Å². The molecule has 0 atom stereocenters. The van der Waals surface area contributed by atoms with Crippen molar-refractivity contribution in [2.75, 3.05) is 5.75 Å². The van der Waals surface area contributed by atoms with Crippen LogP contribution in [0.3, 0.4) is 0 Å². The van der Waals surface area contributed by atoms with Crippen molar-refractivity contribution in [3.8, 4) is 0 Å². The van der Waals surface area contributed by atoms with Crippen LogP contribution in [0, 0.1) is 0 Å². The Bertz CT molecular complexity index is 317. The molecule has 0 unspecified atom stereocenters. The van der Waals surface area contributed by atoms with Crippen molar-refractivity contribution in [2.45, 2.75) is 6.42 Å². The third kappa shape index (κ3) is 1.67. The zero-order chi connectivity index (χ0) is 8.39. The molecule has 1 aromatic rings. The van der Waals surface area contributed by atoms with E-state index in [1.54, 1.807) is 0 Å². The molecule has 0 bridgehead atoms. The molecule has 12 heavy (non-hydrogen) atoms. The van der Waals surface area contributed by atoms with Gasteiger partial charge in [0.2, 0.25) is 0 Å². The van der Waals surface area contributed by atoms with Gasteiger partial charge in [0.25, 0.3) is 0 Å². The van der Waals surface area contributed by atoms with Crippen LogP contribution in [0.25, 0.3) is 5.57 Å². The Morgan fingerprint density at radius 3 is 2.92 bits per heavy atom. The Morgan fingerprint density at radius 1 is 1.33 bits per heavy atom. The molecule has 0 saturated heterocycles. The standard InChI is InChI=1S/C10H9ClS/c11-10-3-1-2-8(6-10)9-4-5-12-7-9/h1-3,6-7H,4-5H2. The Kier molecular flexibility index (Phi) is 2.43. The molecule has 0 saturated carbocycles. The molecule has 0 nitrogen and oxygen atoms in total. The number of rotatable bonds is 1. The van der Waals surface area contributed by atoms with Crippen LogP contribution in [-0.2, 0) is 0 Å². The van der Waals surface area contributed by atoms with E-state index in [9.17, 15) is 0 Å². The quantitative estimate of drug-likeness (QED) is 0.658. The fraction of sp³-hybridized carbons (Fsp3) is 0.200. The summed E-state index contributed by atoms with van der Waals surface area (Å²) in [6.07, 6.45) is 1.17. The van der Waals surface area contributed by atoms with Crippen molar-refractivity contribution in [1.29, 1.82) is 0 Å². The zero-order valence-electron chi connectivity index (χ0n) is 6.59. The van der Waals surface area contributed by atoms with Crippen molar-refractivity contribution in [3.05, 3.63) is 40.3 Å². The Morgan fingerprint density at radius 2 is 2.25 bits per heavy atom. The van der Waals surface area contributed by atoms with E-state index in [0.717, 1.165) is 5.02 Å². The number of halogens is 1. The summed E-state index contributed by atoms with van der Waals surface area (Å²) in [4.78, 5) is 0. The molecule has 0 spiro atoms. The smallest absolute Gasteiger partial charge is 0.0412 e. The lowest BCUT2D eigenvalue weighted by molar-refractivity contribution is 1.29. The van der Waals surface area contributed by atoms with Crippen LogP contribution in [0.4, 0.5) is 0 Å². The van der Waals surface area contributed by atoms with Gasteiger partial charge in [0.05, 0.1) is 0 Å². The van der Waals surface area contributed by atoms with Gasteiger partial charge >= 0.3 is 0 Å². The van der Waals surface area contributed by atoms with Crippen LogP contribution >= 0.6 is 23.4 Å². The fourth-order valence-electron chi connectivity index (χ4n) is 1.29. The summed E-state index contributed by atoms with van der Waals surface area (Å²) >= 11 is 7.77. The first-order chi connectivity index (χ1) is 5.86. The maximum atomic E-state index is 5.89. The van der Waals surface area contributed by atoms with Crippen molar-refractivity contribution >= 4 is 28.9 Å². The summed E-state index contributed by atoms with van der Waals surface area (Å²) in [6.45, 7) is 0. The summed E-state index contributed by atoms with van der Waals surface area (Å²) in [5.74, 6) is 1.21. The second-order valence-electron chi connectivity index (χ2n) is 2.77. The van der Waals surface area contributed by atoms with Crippen molar-refractivity contribution in [1.82, 2.24) is 0 Å². The van der Waals surface area contributed by atoms with Crippen molar-refractivity contribution in [2.24, 2.45) is 0 Å². The Balaban J connectivity index is 2.33. The highest BCUT2D eigenvalue weighted by molar-refractivity contribution is 8.02. The highest BCUT2D eigenvalue weighted by Crippen LogP contribution is 2.30. The average molecular weight is 197 g/mol. The summed E-state index contributed by atoms with van der Waals surface area (Å²) in [6, 6.07) is 8.05. The molecule has 62 valence electrons. The largest absolute Gasteiger partial charge is 0.133 e. The van der Waals surface area contributed by atoms with Gasteiger partial charge in [0.15, 0.2) is 0 Å². The SMILES string of the molecule is Clc1cccc(C2=CSCC2)c1. The predicted molar refractivity (Wildman–Crippen MR) is 56.5 cm³/mol. The summed E-state index contributed by atoms with van der Waals surface area (Å²) in [5, 5.41) is 3.05. The molecule has 2 rings (SSSR count). The van der Waals surface area contributed by atoms with Gasteiger partial charge in [-0.1, -0.05) is 23.7 Å². The second-order valence-corrected chi connectivity index (χ2v) is 4.19. The van der Waals surface area contributed by atoms with E-state index in [0.29, 0.717) is 0 Å². The van der Waals surface area contributed by atoms with Crippen LogP contribution in [0.1, 0.15) is 12.0 Å². The first-order valence-electron chi connectivity index (χ1n) is 3.93. The lowest BCUT2D eigenvalue weighted by Gasteiger charge is -2.00. The lowest BCUT2D eigenvalue weighted by Crippen LogP contribution is -1.80. The first-order valence-corrected chi connectivity index (χ1v) is 5.35. The van der Waals surface area contributed by atoms with Crippen LogP contribution in [0.5, 0.6) is 0 Å². The van der Waals surface area contributed by atoms with Crippen LogP contribution in [0.2, 0.25) is 5.02 Å². The predicted octanol–water partition coefficient (Wildman–Crippen LogP) is 3.82. The molecule has 0 fully saturated rings. The summed E-state index contributed by atoms with van der Waals surface area (Å²) < 4.78 is 0. The van der Waals surface area contributed by atoms with E-state index in [1.807, 2.05) is 30.0 Å². The van der Waals surface area contributed by atoms with Gasteiger partial charge in [0, 0.05) is 10.8 Å². The molecular weight excluding hydrogens is 188 g/mol. The maximum Gasteiger partial charge on any atom is 0.0412 e. The average Bonchev–Trinajstić information content (AvgIpc) is 2.56. The monoisotopic (exact) mass is 196 g/mol. The molecule has 1 heterocycles. The molecule has 1 aliphatic heterocycles. The number of thioether (sulfide) groups is 1. The van der Waals surface area contributed by atoms with E-state index >= 15 is 0 Å². The van der Waals surface area contributed by atoms with Crippen molar-refractivity contribution in [3.63, 3.8) is 0 Å². The number of benzene rings is 1. The zero-order valence-corrected chi connectivity index (χ0v) is 8.16. The van der Waals surface area contributed by atoms with E-state index < -0.39 is 0 Å². The Hall–Kier alpha value is -0.400. The molecule has 0 N–H and O–H groups in total. The number of allylic oxidation sites excluding steroid dienone is 1. The first kappa shape index (κ1) is 8.21. The van der Waals surface area contributed by atoms with E-state index in [2.05, 4.69) is 11.5 Å². The van der Waals surface area contributed by atoms with Crippen LogP contribution < -0.4 is 0 Å². The molecule has 0 amide bonds. The van der Waals surface area contributed by atoms with Crippen LogP contribution in [0.15, 0.2) is 29.7 Å². The van der Waals surface area contributed by atoms with Gasteiger partial charge in [-0.25, -0.2) is 0 Å². The molecule has 2 heteroatoms. The number of hydrogen-bond acceptors (Lipinski definition) is 1. The Labute approximate surface area is 81.6 Å². The van der Waals surface area contributed by atoms with Gasteiger partial charge in [-0.05, 0) is 35.1 Å². The van der Waals surface area contributed by atoms with Gasteiger partial charge in [0.1, 0.15) is 0 Å². The molecule has 1 aliphatic rings. The molecule has 0 aliphatic carbocycles. The van der Waals surface area contributed by atoms with E-state index in [-0.39, 0.29) is 0 Å². The second kappa shape index (κ2) is 3.55. The van der Waals surface area contributed by atoms with Gasteiger partial charge in [-0.15, -0.1) is 11.8 Å². The normalized spacial score (nSPS) is 16.2. The van der Waals surface area contributed by atoms with Crippen molar-refractivity contribution < 1.29 is 0 Å². The molecule has 0 radical (unpaired) electrons.